The molecule has 1 fully saturated rings. The highest BCUT2D eigenvalue weighted by Crippen LogP contribution is 2.36. The quantitative estimate of drug-likeness (QED) is 0.302. The van der Waals surface area contributed by atoms with E-state index in [1.165, 1.54) is 17.0 Å². The Morgan fingerprint density at radius 3 is 2.40 bits per heavy atom. The van der Waals surface area contributed by atoms with Crippen LogP contribution in [0.25, 0.3) is 6.08 Å². The molecule has 3 amide bonds. The fourth-order valence-corrected chi connectivity index (χ4v) is 4.48. The standard InChI is InChI=1S/C32H41N3O7/c1-6-21-9-8-10-23(19-21)28(29(38)33-18-17-27(37)41-7-2)35(24-13-14-24)30(39)26(34-31(40)42-32(3,4)5)20-22-11-15-25(36)16-12-22/h6,8-12,15-16,19,24,26,28,36H,1,7,13-14,17-18,20H2,2-5H3,(H,33,38)(H,34,40). The van der Waals surface area contributed by atoms with Crippen molar-refractivity contribution >= 4 is 30.0 Å². The molecule has 0 spiro atoms. The normalized spacial score (nSPS) is 14.2. The molecule has 0 aliphatic heterocycles. The van der Waals surface area contributed by atoms with Crippen LogP contribution in [0, 0.1) is 0 Å². The summed E-state index contributed by atoms with van der Waals surface area (Å²) in [5, 5.41) is 15.2. The number of esters is 1. The first-order valence-electron chi connectivity index (χ1n) is 14.2. The van der Waals surface area contributed by atoms with Gasteiger partial charge < -0.3 is 30.1 Å². The third-order valence-electron chi connectivity index (χ3n) is 6.48. The van der Waals surface area contributed by atoms with Gasteiger partial charge in [0.2, 0.25) is 11.8 Å². The Labute approximate surface area is 247 Å². The number of nitrogens with zero attached hydrogens (tertiary/aromatic N) is 1. The molecule has 3 rings (SSSR count). The number of nitrogens with one attached hydrogen (secondary N) is 2. The van der Waals surface area contributed by atoms with Gasteiger partial charge in [-0.25, -0.2) is 4.79 Å². The van der Waals surface area contributed by atoms with Gasteiger partial charge >= 0.3 is 12.1 Å². The number of phenolic OH excluding ortho intramolecular Hbond substituents is 1. The first-order chi connectivity index (χ1) is 19.9. The van der Waals surface area contributed by atoms with Gasteiger partial charge in [0, 0.05) is 19.0 Å². The Morgan fingerprint density at radius 2 is 1.81 bits per heavy atom. The van der Waals surface area contributed by atoms with E-state index in [0.717, 1.165) is 5.56 Å². The van der Waals surface area contributed by atoms with Crippen LogP contribution in [0.1, 0.15) is 69.7 Å². The zero-order valence-corrected chi connectivity index (χ0v) is 24.7. The number of ether oxygens (including phenoxy) is 2. The van der Waals surface area contributed by atoms with Crippen LogP contribution in [0.3, 0.4) is 0 Å². The van der Waals surface area contributed by atoms with Crippen molar-refractivity contribution in [1.82, 2.24) is 15.5 Å². The van der Waals surface area contributed by atoms with Gasteiger partial charge in [-0.05, 0) is 75.4 Å². The first kappa shape index (κ1) is 32.2. The van der Waals surface area contributed by atoms with Crippen molar-refractivity contribution in [1.29, 1.82) is 0 Å². The molecular formula is C32H41N3O7. The first-order valence-corrected chi connectivity index (χ1v) is 14.2. The van der Waals surface area contributed by atoms with Gasteiger partial charge in [0.15, 0.2) is 0 Å². The number of benzene rings is 2. The summed E-state index contributed by atoms with van der Waals surface area (Å²) in [5.74, 6) is -1.27. The van der Waals surface area contributed by atoms with Crippen molar-refractivity contribution in [3.63, 3.8) is 0 Å². The highest BCUT2D eigenvalue weighted by Gasteiger charge is 2.44. The number of hydrogen-bond acceptors (Lipinski definition) is 7. The van der Waals surface area contributed by atoms with Gasteiger partial charge in [-0.3, -0.25) is 14.4 Å². The molecule has 0 saturated heterocycles. The number of carbonyl (C=O) groups excluding carboxylic acids is 4. The average Bonchev–Trinajstić information content (AvgIpc) is 3.76. The molecule has 2 aromatic rings. The van der Waals surface area contributed by atoms with E-state index in [9.17, 15) is 24.3 Å². The summed E-state index contributed by atoms with van der Waals surface area (Å²) < 4.78 is 10.4. The summed E-state index contributed by atoms with van der Waals surface area (Å²) in [6.07, 6.45) is 2.36. The average molecular weight is 580 g/mol. The van der Waals surface area contributed by atoms with E-state index in [-0.39, 0.29) is 37.8 Å². The Kier molecular flexibility index (Phi) is 11.1. The minimum absolute atomic E-state index is 0.0138. The summed E-state index contributed by atoms with van der Waals surface area (Å²) in [4.78, 5) is 54.4. The molecule has 2 unspecified atom stereocenters. The van der Waals surface area contributed by atoms with E-state index >= 15 is 0 Å². The lowest BCUT2D eigenvalue weighted by Gasteiger charge is -2.35. The minimum atomic E-state index is -1.07. The number of amides is 3. The Morgan fingerprint density at radius 1 is 1.12 bits per heavy atom. The van der Waals surface area contributed by atoms with Crippen LogP contribution >= 0.6 is 0 Å². The van der Waals surface area contributed by atoms with E-state index in [0.29, 0.717) is 24.0 Å². The molecule has 226 valence electrons. The van der Waals surface area contributed by atoms with Crippen molar-refractivity contribution in [2.75, 3.05) is 13.2 Å². The maximum atomic E-state index is 14.4. The highest BCUT2D eigenvalue weighted by molar-refractivity contribution is 5.93. The second kappa shape index (κ2) is 14.5. The summed E-state index contributed by atoms with van der Waals surface area (Å²) in [6, 6.07) is 11.2. The highest BCUT2D eigenvalue weighted by atomic mass is 16.6. The zero-order valence-electron chi connectivity index (χ0n) is 24.7. The van der Waals surface area contributed by atoms with Crippen LogP contribution in [0.2, 0.25) is 0 Å². The predicted molar refractivity (Wildman–Crippen MR) is 158 cm³/mol. The van der Waals surface area contributed by atoms with Crippen LogP contribution in [-0.2, 0) is 30.3 Å². The van der Waals surface area contributed by atoms with Crippen LogP contribution < -0.4 is 10.6 Å². The molecule has 0 bridgehead atoms. The minimum Gasteiger partial charge on any atom is -0.508 e. The van der Waals surface area contributed by atoms with Crippen molar-refractivity contribution in [2.45, 2.75) is 77.1 Å². The van der Waals surface area contributed by atoms with Crippen LogP contribution in [0.15, 0.2) is 55.1 Å². The van der Waals surface area contributed by atoms with Crippen LogP contribution in [-0.4, -0.2) is 64.7 Å². The van der Waals surface area contributed by atoms with E-state index in [1.807, 2.05) is 6.07 Å². The number of hydrogen-bond donors (Lipinski definition) is 3. The van der Waals surface area contributed by atoms with Crippen LogP contribution in [0.5, 0.6) is 5.75 Å². The predicted octanol–water partition coefficient (Wildman–Crippen LogP) is 4.27. The zero-order chi connectivity index (χ0) is 30.9. The van der Waals surface area contributed by atoms with Gasteiger partial charge in [0.25, 0.3) is 0 Å². The third kappa shape index (κ3) is 9.64. The second-order valence-corrected chi connectivity index (χ2v) is 11.2. The fraction of sp³-hybridized carbons (Fsp3) is 0.438. The summed E-state index contributed by atoms with van der Waals surface area (Å²) in [7, 11) is 0. The molecule has 0 radical (unpaired) electrons. The van der Waals surface area contributed by atoms with Crippen molar-refractivity contribution in [3.8, 4) is 5.75 Å². The maximum absolute atomic E-state index is 14.4. The van der Waals surface area contributed by atoms with Gasteiger partial charge in [-0.15, -0.1) is 0 Å². The maximum Gasteiger partial charge on any atom is 0.408 e. The summed E-state index contributed by atoms with van der Waals surface area (Å²) in [5.41, 5.74) is 1.25. The molecule has 1 aliphatic rings. The van der Waals surface area contributed by atoms with Gasteiger partial charge in [-0.2, -0.15) is 0 Å². The SMILES string of the molecule is C=Cc1cccc(C(C(=O)NCCC(=O)OCC)N(C(=O)C(Cc2ccc(O)cc2)NC(=O)OC(C)(C)C)C2CC2)c1. The lowest BCUT2D eigenvalue weighted by Crippen LogP contribution is -2.54. The van der Waals surface area contributed by atoms with Crippen molar-refractivity contribution < 1.29 is 33.8 Å². The Bertz CT molecular complexity index is 1270. The molecule has 2 atom stereocenters. The fourth-order valence-electron chi connectivity index (χ4n) is 4.48. The molecule has 3 N–H and O–H groups in total. The van der Waals surface area contributed by atoms with Gasteiger partial charge in [0.05, 0.1) is 13.0 Å². The number of aromatic hydroxyl groups is 1. The molecular weight excluding hydrogens is 538 g/mol. The molecule has 0 heterocycles. The number of phenols is 1. The van der Waals surface area contributed by atoms with E-state index in [2.05, 4.69) is 17.2 Å². The van der Waals surface area contributed by atoms with Gasteiger partial charge in [-0.1, -0.05) is 43.0 Å². The Balaban J connectivity index is 1.98. The lowest BCUT2D eigenvalue weighted by atomic mass is 9.98. The monoisotopic (exact) mass is 579 g/mol. The van der Waals surface area contributed by atoms with Crippen molar-refractivity contribution in [2.24, 2.45) is 0 Å². The summed E-state index contributed by atoms with van der Waals surface area (Å²) >= 11 is 0. The molecule has 42 heavy (non-hydrogen) atoms. The lowest BCUT2D eigenvalue weighted by molar-refractivity contribution is -0.144. The third-order valence-corrected chi connectivity index (χ3v) is 6.48. The molecule has 1 saturated carbocycles. The van der Waals surface area contributed by atoms with E-state index in [1.54, 1.807) is 64.1 Å². The second-order valence-electron chi connectivity index (χ2n) is 11.2. The number of rotatable bonds is 13. The largest absolute Gasteiger partial charge is 0.508 e. The van der Waals surface area contributed by atoms with Gasteiger partial charge in [0.1, 0.15) is 23.4 Å². The topological polar surface area (TPSA) is 134 Å². The van der Waals surface area contributed by atoms with E-state index in [4.69, 9.17) is 9.47 Å². The number of alkyl carbamates (subject to hydrolysis) is 1. The Hall–Kier alpha value is -4.34. The molecule has 0 aromatic heterocycles. The smallest absolute Gasteiger partial charge is 0.408 e. The molecule has 2 aromatic carbocycles. The molecule has 10 heteroatoms. The number of carbonyl (C=O) groups is 4. The molecule has 1 aliphatic carbocycles. The molecule has 10 nitrogen and oxygen atoms in total. The van der Waals surface area contributed by atoms with Crippen LogP contribution in [0.4, 0.5) is 4.79 Å². The van der Waals surface area contributed by atoms with Crippen molar-refractivity contribution in [3.05, 3.63) is 71.8 Å². The summed E-state index contributed by atoms with van der Waals surface area (Å²) in [6.45, 7) is 11.0. The van der Waals surface area contributed by atoms with E-state index < -0.39 is 41.6 Å².